The number of hydrogen-bond acceptors (Lipinski definition) is 2. The minimum atomic E-state index is 0. The number of aryl methyl sites for hydroxylation is 1. The lowest BCUT2D eigenvalue weighted by Gasteiger charge is -2.22. The van der Waals surface area contributed by atoms with E-state index in [-0.39, 0.29) is 24.0 Å². The third-order valence-corrected chi connectivity index (χ3v) is 3.65. The molecule has 2 rings (SSSR count). The van der Waals surface area contributed by atoms with Crippen LogP contribution in [0.2, 0.25) is 5.02 Å². The summed E-state index contributed by atoms with van der Waals surface area (Å²) in [7, 11) is 2.05. The standard InChI is InChI=1S/C17H24ClN5.HI/c1-3-19-17(20-10-4-12-23-13-5-11-21-23)22(2)14-15-6-8-16(18)9-7-15;/h5-9,11,13H,3-4,10,12,14H2,1-2H3,(H,19,20);1H. The maximum Gasteiger partial charge on any atom is 0.193 e. The largest absolute Gasteiger partial charge is 0.357 e. The minimum Gasteiger partial charge on any atom is -0.357 e. The molecule has 1 aromatic carbocycles. The number of halogens is 2. The molecule has 0 saturated heterocycles. The predicted octanol–water partition coefficient (Wildman–Crippen LogP) is 3.64. The summed E-state index contributed by atoms with van der Waals surface area (Å²) in [4.78, 5) is 6.82. The van der Waals surface area contributed by atoms with Crippen molar-refractivity contribution < 1.29 is 0 Å². The van der Waals surface area contributed by atoms with Crippen LogP contribution in [0.5, 0.6) is 0 Å². The normalized spacial score (nSPS) is 11.0. The topological polar surface area (TPSA) is 45.5 Å². The van der Waals surface area contributed by atoms with Gasteiger partial charge in [0.05, 0.1) is 0 Å². The van der Waals surface area contributed by atoms with Gasteiger partial charge in [-0.05, 0) is 37.1 Å². The SMILES string of the molecule is CCNC(=NCCCn1cccn1)N(C)Cc1ccc(Cl)cc1.I. The molecular weight excluding hydrogens is 437 g/mol. The number of nitrogens with one attached hydrogen (secondary N) is 1. The molecule has 0 bridgehead atoms. The van der Waals surface area contributed by atoms with Crippen LogP contribution in [0.3, 0.4) is 0 Å². The van der Waals surface area contributed by atoms with Crippen LogP contribution in [0.4, 0.5) is 0 Å². The molecule has 0 fully saturated rings. The molecule has 1 aromatic heterocycles. The molecule has 0 atom stereocenters. The fraction of sp³-hybridized carbons (Fsp3) is 0.412. The first-order chi connectivity index (χ1) is 11.2. The summed E-state index contributed by atoms with van der Waals surface area (Å²) in [5, 5.41) is 8.29. The number of aromatic nitrogens is 2. The van der Waals surface area contributed by atoms with E-state index in [1.54, 1.807) is 6.20 Å². The minimum absolute atomic E-state index is 0. The first-order valence-corrected chi connectivity index (χ1v) is 8.28. The first kappa shape index (κ1) is 20.8. The maximum atomic E-state index is 5.93. The van der Waals surface area contributed by atoms with E-state index in [4.69, 9.17) is 16.6 Å². The molecule has 1 heterocycles. The van der Waals surface area contributed by atoms with Crippen LogP contribution >= 0.6 is 35.6 Å². The molecule has 0 amide bonds. The maximum absolute atomic E-state index is 5.93. The molecule has 0 unspecified atom stereocenters. The molecule has 0 aliphatic heterocycles. The van der Waals surface area contributed by atoms with Gasteiger partial charge in [0, 0.05) is 50.6 Å². The van der Waals surface area contributed by atoms with E-state index in [0.717, 1.165) is 43.6 Å². The zero-order valence-electron chi connectivity index (χ0n) is 14.2. The molecule has 0 aliphatic rings. The van der Waals surface area contributed by atoms with Crippen molar-refractivity contribution in [1.82, 2.24) is 20.0 Å². The molecule has 0 aliphatic carbocycles. The quantitative estimate of drug-likeness (QED) is 0.296. The van der Waals surface area contributed by atoms with E-state index < -0.39 is 0 Å². The average Bonchev–Trinajstić information content (AvgIpc) is 3.06. The van der Waals surface area contributed by atoms with E-state index >= 15 is 0 Å². The highest BCUT2D eigenvalue weighted by Gasteiger charge is 2.06. The van der Waals surface area contributed by atoms with Crippen molar-refractivity contribution >= 4 is 41.5 Å². The number of guanidine groups is 1. The van der Waals surface area contributed by atoms with Crippen LogP contribution in [0.25, 0.3) is 0 Å². The lowest BCUT2D eigenvalue weighted by molar-refractivity contribution is 0.475. The van der Waals surface area contributed by atoms with Gasteiger partial charge in [-0.25, -0.2) is 0 Å². The van der Waals surface area contributed by atoms with Gasteiger partial charge in [-0.15, -0.1) is 24.0 Å². The Labute approximate surface area is 166 Å². The number of hydrogen-bond donors (Lipinski definition) is 1. The highest BCUT2D eigenvalue weighted by molar-refractivity contribution is 14.0. The van der Waals surface area contributed by atoms with Gasteiger partial charge >= 0.3 is 0 Å². The second kappa shape index (κ2) is 11.3. The van der Waals surface area contributed by atoms with E-state index in [0.29, 0.717) is 0 Å². The summed E-state index contributed by atoms with van der Waals surface area (Å²) >= 11 is 5.93. The number of benzene rings is 1. The summed E-state index contributed by atoms with van der Waals surface area (Å²) in [6.45, 7) is 5.38. The molecule has 1 N–H and O–H groups in total. The van der Waals surface area contributed by atoms with Crippen LogP contribution in [0.1, 0.15) is 18.9 Å². The molecule has 7 heteroatoms. The lowest BCUT2D eigenvalue weighted by Crippen LogP contribution is -2.38. The molecule has 2 aromatic rings. The van der Waals surface area contributed by atoms with E-state index in [1.807, 2.05) is 48.3 Å². The van der Waals surface area contributed by atoms with Gasteiger partial charge in [0.1, 0.15) is 0 Å². The van der Waals surface area contributed by atoms with Gasteiger partial charge in [-0.1, -0.05) is 23.7 Å². The van der Waals surface area contributed by atoms with E-state index in [2.05, 4.69) is 22.2 Å². The second-order valence-corrected chi connectivity index (χ2v) is 5.78. The van der Waals surface area contributed by atoms with Gasteiger partial charge in [0.2, 0.25) is 0 Å². The first-order valence-electron chi connectivity index (χ1n) is 7.90. The Hall–Kier alpha value is -1.28. The molecule has 24 heavy (non-hydrogen) atoms. The van der Waals surface area contributed by atoms with Crippen LogP contribution in [-0.4, -0.2) is 40.8 Å². The van der Waals surface area contributed by atoms with Gasteiger partial charge < -0.3 is 10.2 Å². The highest BCUT2D eigenvalue weighted by Crippen LogP contribution is 2.11. The fourth-order valence-electron chi connectivity index (χ4n) is 2.26. The van der Waals surface area contributed by atoms with Crippen LogP contribution in [-0.2, 0) is 13.1 Å². The number of rotatable bonds is 7. The van der Waals surface area contributed by atoms with Crippen molar-refractivity contribution in [2.75, 3.05) is 20.1 Å². The van der Waals surface area contributed by atoms with Gasteiger partial charge in [-0.3, -0.25) is 9.67 Å². The van der Waals surface area contributed by atoms with Crippen molar-refractivity contribution in [3.05, 3.63) is 53.3 Å². The van der Waals surface area contributed by atoms with Crippen molar-refractivity contribution in [3.8, 4) is 0 Å². The summed E-state index contributed by atoms with van der Waals surface area (Å²) in [6.07, 6.45) is 4.74. The third kappa shape index (κ3) is 7.09. The summed E-state index contributed by atoms with van der Waals surface area (Å²) in [5.41, 5.74) is 1.21. The summed E-state index contributed by atoms with van der Waals surface area (Å²) in [6, 6.07) is 9.85. The van der Waals surface area contributed by atoms with Crippen molar-refractivity contribution in [3.63, 3.8) is 0 Å². The molecule has 5 nitrogen and oxygen atoms in total. The van der Waals surface area contributed by atoms with Crippen LogP contribution in [0, 0.1) is 0 Å². The van der Waals surface area contributed by atoms with E-state index in [9.17, 15) is 0 Å². The summed E-state index contributed by atoms with van der Waals surface area (Å²) < 4.78 is 1.93. The van der Waals surface area contributed by atoms with Crippen molar-refractivity contribution in [2.24, 2.45) is 4.99 Å². The Morgan fingerprint density at radius 1 is 1.33 bits per heavy atom. The lowest BCUT2D eigenvalue weighted by atomic mass is 10.2. The Kier molecular flexibility index (Phi) is 9.78. The third-order valence-electron chi connectivity index (χ3n) is 3.40. The Bertz CT molecular complexity index is 598. The zero-order chi connectivity index (χ0) is 16.5. The fourth-order valence-corrected chi connectivity index (χ4v) is 2.38. The highest BCUT2D eigenvalue weighted by atomic mass is 127. The Morgan fingerprint density at radius 2 is 2.08 bits per heavy atom. The molecule has 0 radical (unpaired) electrons. The smallest absolute Gasteiger partial charge is 0.193 e. The molecule has 0 spiro atoms. The Balaban J connectivity index is 0.00000288. The molecule has 0 saturated carbocycles. The van der Waals surface area contributed by atoms with Crippen molar-refractivity contribution in [2.45, 2.75) is 26.4 Å². The zero-order valence-corrected chi connectivity index (χ0v) is 17.2. The van der Waals surface area contributed by atoms with Gasteiger partial charge in [0.25, 0.3) is 0 Å². The van der Waals surface area contributed by atoms with E-state index in [1.165, 1.54) is 5.56 Å². The van der Waals surface area contributed by atoms with Crippen molar-refractivity contribution in [1.29, 1.82) is 0 Å². The monoisotopic (exact) mass is 461 g/mol. The number of nitrogens with zero attached hydrogens (tertiary/aromatic N) is 4. The van der Waals surface area contributed by atoms with Crippen LogP contribution < -0.4 is 5.32 Å². The van der Waals surface area contributed by atoms with Crippen LogP contribution in [0.15, 0.2) is 47.7 Å². The summed E-state index contributed by atoms with van der Waals surface area (Å²) in [5.74, 6) is 0.919. The second-order valence-electron chi connectivity index (χ2n) is 5.34. The molecule has 132 valence electrons. The number of aliphatic imine (C=N–C) groups is 1. The predicted molar refractivity (Wildman–Crippen MR) is 111 cm³/mol. The molecular formula is C17H25ClIN5. The Morgan fingerprint density at radius 3 is 2.71 bits per heavy atom. The average molecular weight is 462 g/mol. The van der Waals surface area contributed by atoms with Gasteiger partial charge in [-0.2, -0.15) is 5.10 Å². The van der Waals surface area contributed by atoms with Gasteiger partial charge in [0.15, 0.2) is 5.96 Å².